The van der Waals surface area contributed by atoms with E-state index in [2.05, 4.69) is 0 Å². The van der Waals surface area contributed by atoms with E-state index >= 15 is 96.6 Å². The molecule has 6 atom stereocenters. The van der Waals surface area contributed by atoms with Crippen LogP contribution in [0, 0.1) is 106 Å². The Balaban J connectivity index is 1.24. The second kappa shape index (κ2) is 18.9. The fourth-order valence-corrected chi connectivity index (χ4v) is 9.06. The third-order valence-corrected chi connectivity index (χ3v) is 12.7. The summed E-state index contributed by atoms with van der Waals surface area (Å²) in [6, 6.07) is 0. The molecule has 76 heavy (non-hydrogen) atoms. The van der Waals surface area contributed by atoms with Crippen LogP contribution in [-0.4, -0.2) is 18.5 Å². The molecule has 3 aliphatic carbocycles. The lowest BCUT2D eigenvalue weighted by atomic mass is 9.75. The highest BCUT2D eigenvalue weighted by atomic mass is 19.2. The van der Waals surface area contributed by atoms with Gasteiger partial charge >= 0.3 is 0 Å². The van der Waals surface area contributed by atoms with Crippen molar-refractivity contribution in [3.05, 3.63) is 184 Å². The van der Waals surface area contributed by atoms with Gasteiger partial charge in [-0.15, -0.1) is 0 Å². The van der Waals surface area contributed by atoms with Gasteiger partial charge in [-0.05, 0) is 13.3 Å². The quantitative estimate of drug-likeness (QED) is 0.122. The smallest absolute Gasteiger partial charge is 0.197 e. The van der Waals surface area contributed by atoms with Gasteiger partial charge in [-0.3, -0.25) is 0 Å². The van der Waals surface area contributed by atoms with E-state index in [0.29, 0.717) is 6.92 Å². The first-order valence-corrected chi connectivity index (χ1v) is 20.4. The van der Waals surface area contributed by atoms with Crippen molar-refractivity contribution in [1.29, 1.82) is 0 Å². The zero-order chi connectivity index (χ0) is 56.8. The Kier molecular flexibility index (Phi) is 13.8. The van der Waals surface area contributed by atoms with Gasteiger partial charge in [0.25, 0.3) is 0 Å². The van der Waals surface area contributed by atoms with Crippen LogP contribution < -0.4 is 0 Å². The Bertz CT molecular complexity index is 3580. The molecule has 5 aromatic carbocycles. The van der Waals surface area contributed by atoms with Crippen molar-refractivity contribution in [3.8, 4) is 11.1 Å². The highest BCUT2D eigenvalue weighted by Gasteiger charge is 2.54. The van der Waals surface area contributed by atoms with Crippen LogP contribution in [0.2, 0.25) is 0 Å². The van der Waals surface area contributed by atoms with Gasteiger partial charge in [-0.25, -0.2) is 127 Å². The fraction of sp³-hybridized carbons (Fsp3) is 0.191. The third-order valence-electron chi connectivity index (χ3n) is 12.7. The number of allylic oxidation sites excluding steroid dienone is 9. The molecule has 3 aliphatic rings. The Morgan fingerprint density at radius 3 is 1.20 bits per heavy atom. The van der Waals surface area contributed by atoms with Crippen molar-refractivity contribution in [3.63, 3.8) is 0 Å². The predicted octanol–water partition coefficient (Wildman–Crippen LogP) is 17.6. The minimum Gasteiger partial charge on any atom is -0.243 e. The number of halogens is 29. The summed E-state index contributed by atoms with van der Waals surface area (Å²) in [7, 11) is 0. The Morgan fingerprint density at radius 1 is 0.316 bits per heavy atom. The van der Waals surface area contributed by atoms with Crippen molar-refractivity contribution >= 4 is 22.2 Å². The topological polar surface area (TPSA) is 0 Å². The van der Waals surface area contributed by atoms with Crippen molar-refractivity contribution in [2.24, 2.45) is 0 Å². The zero-order valence-corrected chi connectivity index (χ0v) is 35.8. The molecule has 0 radical (unpaired) electrons. The molecule has 0 saturated heterocycles. The summed E-state index contributed by atoms with van der Waals surface area (Å²) in [5.41, 5.74) is -25.3. The Morgan fingerprint density at radius 2 is 0.711 bits per heavy atom. The van der Waals surface area contributed by atoms with Crippen molar-refractivity contribution < 1.29 is 127 Å². The lowest BCUT2D eigenvalue weighted by Crippen LogP contribution is -2.38. The van der Waals surface area contributed by atoms with Gasteiger partial charge in [-0.1, -0.05) is 0 Å². The van der Waals surface area contributed by atoms with E-state index in [1.807, 2.05) is 0 Å². The van der Waals surface area contributed by atoms with Gasteiger partial charge in [0.1, 0.15) is 58.9 Å². The van der Waals surface area contributed by atoms with E-state index in [1.165, 1.54) is 0 Å². The molecule has 0 fully saturated rings. The maximum Gasteiger partial charge on any atom is 0.197 e. The van der Waals surface area contributed by atoms with E-state index in [0.717, 1.165) is 0 Å². The molecule has 0 heterocycles. The Hall–Kier alpha value is -6.97. The van der Waals surface area contributed by atoms with E-state index in [-0.39, 0.29) is 0 Å². The van der Waals surface area contributed by atoms with Gasteiger partial charge in [0.2, 0.25) is 0 Å². The molecular formula is C47H13F29. The van der Waals surface area contributed by atoms with Crippen LogP contribution in [0.3, 0.4) is 0 Å². The SMILES string of the molecule is Cc1c(F)c(F)c2c(F)c(-c3c(F)c(F)c(C4C(F)=C(F)C(c5c(F)c(F)c(C6=C(F)C(F)CC(c7c(F)c(F)c8c(c7F)CC(F)=C(F)C(F)=C8F)C(F)=C6F)c(F)c5F)C(F)C4F)c(F)c3F)c(F)c(F)c2c1F. The van der Waals surface area contributed by atoms with E-state index in [9.17, 15) is 30.7 Å². The fourth-order valence-electron chi connectivity index (χ4n) is 9.06. The van der Waals surface area contributed by atoms with Gasteiger partial charge in [0.15, 0.2) is 111 Å². The van der Waals surface area contributed by atoms with Crippen molar-refractivity contribution in [1.82, 2.24) is 0 Å². The lowest BCUT2D eigenvalue weighted by molar-refractivity contribution is 0.0947. The van der Waals surface area contributed by atoms with E-state index < -0.39 is 267 Å². The van der Waals surface area contributed by atoms with Crippen LogP contribution in [0.5, 0.6) is 0 Å². The monoisotopic (exact) mass is 1130 g/mol. The number of alkyl halides is 3. The molecule has 0 saturated carbocycles. The summed E-state index contributed by atoms with van der Waals surface area (Å²) in [5.74, 6) is -90.2. The van der Waals surface area contributed by atoms with Crippen molar-refractivity contribution in [2.45, 2.75) is 56.0 Å². The van der Waals surface area contributed by atoms with Gasteiger partial charge in [0.05, 0.1) is 50.4 Å². The number of rotatable bonds is 5. The van der Waals surface area contributed by atoms with Crippen LogP contribution >= 0.6 is 0 Å². The molecule has 0 nitrogen and oxygen atoms in total. The minimum absolute atomic E-state index is 0.405. The minimum atomic E-state index is -4.45. The molecular weight excluding hydrogens is 1120 g/mol. The first kappa shape index (κ1) is 55.3. The predicted molar refractivity (Wildman–Crippen MR) is 202 cm³/mol. The van der Waals surface area contributed by atoms with Crippen LogP contribution in [0.1, 0.15) is 63.1 Å². The first-order chi connectivity index (χ1) is 35.3. The maximum absolute atomic E-state index is 15.9. The molecule has 0 aromatic heterocycles. The molecule has 5 aromatic rings. The lowest BCUT2D eigenvalue weighted by Gasteiger charge is -2.34. The number of benzene rings is 5. The normalized spacial score (nSPS) is 21.7. The van der Waals surface area contributed by atoms with Crippen LogP contribution in [-0.2, 0) is 6.42 Å². The molecule has 29 heteroatoms. The largest absolute Gasteiger partial charge is 0.243 e. The average Bonchev–Trinajstić information content (AvgIpc) is 3.51. The highest BCUT2D eigenvalue weighted by Crippen LogP contribution is 2.55. The highest BCUT2D eigenvalue weighted by molar-refractivity contribution is 5.91. The van der Waals surface area contributed by atoms with Crippen LogP contribution in [0.15, 0.2) is 46.6 Å². The first-order valence-electron chi connectivity index (χ1n) is 20.4. The second-order valence-corrected chi connectivity index (χ2v) is 16.6. The number of hydrogen-bond acceptors (Lipinski definition) is 0. The number of fused-ring (bicyclic) bond motifs is 2. The molecule has 0 spiro atoms. The maximum atomic E-state index is 15.9. The molecule has 8 rings (SSSR count). The molecule has 0 bridgehead atoms. The molecule has 404 valence electrons. The standard InChI is InChI=1S/C47H13F29/c1-4-21(50)11-13(31(60)22(4)51)27(56)14(34(63)33(11)62)16-37(66)41(70)18(42(71)38(16)67)20-45(74)43(72)19(44(73)46(20)75)17-39(68)35(64)15(36(65)40(17)69)12-25(54)7(48)3-6(24(53)32(12)61)9-23(52)5-2-8(49)26(55)47(76)30(59)10(5)29(58)28(9)57/h6-7,19-20,43,45H,2-3H2,1H3. The molecule has 0 amide bonds. The van der Waals surface area contributed by atoms with Crippen LogP contribution in [0.4, 0.5) is 127 Å². The van der Waals surface area contributed by atoms with Gasteiger partial charge in [-0.2, -0.15) is 0 Å². The average molecular weight is 1130 g/mol. The summed E-state index contributed by atoms with van der Waals surface area (Å²) in [6.07, 6.45) is -17.2. The van der Waals surface area contributed by atoms with Crippen molar-refractivity contribution in [2.75, 3.05) is 0 Å². The summed E-state index contributed by atoms with van der Waals surface area (Å²) in [5, 5.41) is -4.37. The second-order valence-electron chi connectivity index (χ2n) is 16.6. The Labute approximate surface area is 401 Å². The third kappa shape index (κ3) is 7.53. The zero-order valence-electron chi connectivity index (χ0n) is 35.8. The van der Waals surface area contributed by atoms with Crippen LogP contribution in [0.25, 0.3) is 33.3 Å². The summed E-state index contributed by atoms with van der Waals surface area (Å²) in [4.78, 5) is 0. The van der Waals surface area contributed by atoms with E-state index in [1.54, 1.807) is 0 Å². The molecule has 0 N–H and O–H groups in total. The number of hydrogen-bond donors (Lipinski definition) is 0. The molecule has 0 aliphatic heterocycles. The molecule has 6 unspecified atom stereocenters. The summed E-state index contributed by atoms with van der Waals surface area (Å²) in [6.45, 7) is 0.405. The summed E-state index contributed by atoms with van der Waals surface area (Å²) >= 11 is 0. The van der Waals surface area contributed by atoms with Gasteiger partial charge < -0.3 is 0 Å². The summed E-state index contributed by atoms with van der Waals surface area (Å²) < 4.78 is 445. The van der Waals surface area contributed by atoms with Gasteiger partial charge in [0, 0.05) is 40.2 Å². The van der Waals surface area contributed by atoms with E-state index in [4.69, 9.17) is 0 Å².